The number of tetrazole rings is 1. The van der Waals surface area contributed by atoms with Gasteiger partial charge in [-0.2, -0.15) is 4.98 Å². The third-order valence-corrected chi connectivity index (χ3v) is 1.69. The van der Waals surface area contributed by atoms with Gasteiger partial charge in [0.1, 0.15) is 12.9 Å². The molecule has 10 nitrogen and oxygen atoms in total. The van der Waals surface area contributed by atoms with Gasteiger partial charge in [-0.1, -0.05) is 0 Å². The maximum atomic E-state index is 11.5. The van der Waals surface area contributed by atoms with Crippen molar-refractivity contribution >= 4 is 11.9 Å². The first-order chi connectivity index (χ1) is 8.28. The Hall–Kier alpha value is -2.52. The third kappa shape index (κ3) is 2.96. The zero-order valence-electron chi connectivity index (χ0n) is 8.99. The summed E-state index contributed by atoms with van der Waals surface area (Å²) >= 11 is 0. The number of anilines is 1. The van der Waals surface area contributed by atoms with Crippen LogP contribution in [0.1, 0.15) is 6.92 Å². The summed E-state index contributed by atoms with van der Waals surface area (Å²) in [7, 11) is 0. The van der Waals surface area contributed by atoms with Crippen LogP contribution in [-0.4, -0.2) is 47.9 Å². The minimum atomic E-state index is -0.323. The first-order valence-electron chi connectivity index (χ1n) is 4.83. The minimum absolute atomic E-state index is 0.00231. The SMILES string of the molecule is CCOc1n[nH]c(NC(=O)Cn2cnnn2)n1. The molecule has 0 saturated carbocycles. The van der Waals surface area contributed by atoms with Crippen LogP contribution in [0.5, 0.6) is 6.01 Å². The second kappa shape index (κ2) is 5.01. The molecule has 10 heteroatoms. The molecule has 0 aromatic carbocycles. The number of carbonyl (C=O) groups is 1. The smallest absolute Gasteiger partial charge is 0.337 e. The number of aromatic amines is 1. The molecule has 0 atom stereocenters. The highest BCUT2D eigenvalue weighted by molar-refractivity contribution is 5.88. The maximum absolute atomic E-state index is 11.5. The molecular weight excluding hydrogens is 228 g/mol. The lowest BCUT2D eigenvalue weighted by atomic mass is 10.6. The van der Waals surface area contributed by atoms with Crippen molar-refractivity contribution in [3.63, 3.8) is 0 Å². The average molecular weight is 238 g/mol. The van der Waals surface area contributed by atoms with Crippen molar-refractivity contribution in [2.75, 3.05) is 11.9 Å². The fourth-order valence-electron chi connectivity index (χ4n) is 1.07. The molecular formula is C7H10N8O2. The van der Waals surface area contributed by atoms with E-state index in [0.717, 1.165) is 0 Å². The van der Waals surface area contributed by atoms with E-state index in [4.69, 9.17) is 4.74 Å². The summed E-state index contributed by atoms with van der Waals surface area (Å²) in [5, 5.41) is 19.1. The number of aromatic nitrogens is 7. The number of rotatable bonds is 5. The molecule has 2 heterocycles. The molecule has 17 heavy (non-hydrogen) atoms. The van der Waals surface area contributed by atoms with Crippen molar-refractivity contribution in [3.8, 4) is 6.01 Å². The topological polar surface area (TPSA) is 124 Å². The van der Waals surface area contributed by atoms with Crippen LogP contribution in [0.3, 0.4) is 0 Å². The molecule has 0 unspecified atom stereocenters. The highest BCUT2D eigenvalue weighted by Crippen LogP contribution is 2.05. The second-order valence-corrected chi connectivity index (χ2v) is 2.96. The number of nitrogens with zero attached hydrogens (tertiary/aromatic N) is 6. The van der Waals surface area contributed by atoms with E-state index < -0.39 is 0 Å². The van der Waals surface area contributed by atoms with E-state index >= 15 is 0 Å². The number of ether oxygens (including phenoxy) is 1. The molecule has 2 aromatic heterocycles. The number of hydrogen-bond donors (Lipinski definition) is 2. The standard InChI is InChI=1S/C7H10N8O2/c1-2-17-7-10-6(11-12-7)9-5(16)3-15-4-8-13-14-15/h4H,2-3H2,1H3,(H2,9,10,11,12,16). The van der Waals surface area contributed by atoms with E-state index in [1.807, 2.05) is 6.92 Å². The van der Waals surface area contributed by atoms with Crippen molar-refractivity contribution < 1.29 is 9.53 Å². The quantitative estimate of drug-likeness (QED) is 0.672. The third-order valence-electron chi connectivity index (χ3n) is 1.69. The lowest BCUT2D eigenvalue weighted by Crippen LogP contribution is -2.19. The van der Waals surface area contributed by atoms with Crippen LogP contribution in [0.25, 0.3) is 0 Å². The van der Waals surface area contributed by atoms with E-state index in [-0.39, 0.29) is 24.4 Å². The van der Waals surface area contributed by atoms with Gasteiger partial charge in [0.05, 0.1) is 6.61 Å². The summed E-state index contributed by atoms with van der Waals surface area (Å²) in [6.45, 7) is 2.26. The van der Waals surface area contributed by atoms with Crippen LogP contribution in [0, 0.1) is 0 Å². The molecule has 0 aliphatic heterocycles. The second-order valence-electron chi connectivity index (χ2n) is 2.96. The van der Waals surface area contributed by atoms with E-state index in [9.17, 15) is 4.79 Å². The van der Waals surface area contributed by atoms with Gasteiger partial charge in [0.25, 0.3) is 0 Å². The summed E-state index contributed by atoms with van der Waals surface area (Å²) in [5.41, 5.74) is 0. The van der Waals surface area contributed by atoms with Crippen molar-refractivity contribution in [1.29, 1.82) is 0 Å². The van der Waals surface area contributed by atoms with Gasteiger partial charge in [0, 0.05) is 0 Å². The van der Waals surface area contributed by atoms with E-state index in [1.165, 1.54) is 11.0 Å². The van der Waals surface area contributed by atoms with Crippen LogP contribution >= 0.6 is 0 Å². The van der Waals surface area contributed by atoms with Gasteiger partial charge in [-0.05, 0) is 17.4 Å². The number of carbonyl (C=O) groups excluding carboxylic acids is 1. The van der Waals surface area contributed by atoms with Crippen molar-refractivity contribution in [3.05, 3.63) is 6.33 Å². The molecule has 0 fully saturated rings. The Morgan fingerprint density at radius 3 is 3.24 bits per heavy atom. The summed E-state index contributed by atoms with van der Waals surface area (Å²) < 4.78 is 6.32. The molecule has 0 aliphatic rings. The molecule has 2 N–H and O–H groups in total. The number of H-pyrrole nitrogens is 1. The average Bonchev–Trinajstić information content (AvgIpc) is 2.91. The van der Waals surface area contributed by atoms with Gasteiger partial charge < -0.3 is 4.74 Å². The van der Waals surface area contributed by atoms with Crippen LogP contribution < -0.4 is 10.1 Å². The number of amides is 1. The van der Waals surface area contributed by atoms with Gasteiger partial charge in [0.15, 0.2) is 0 Å². The molecule has 0 bridgehead atoms. The molecule has 2 rings (SSSR count). The molecule has 0 radical (unpaired) electrons. The predicted molar refractivity (Wildman–Crippen MR) is 54.0 cm³/mol. The van der Waals surface area contributed by atoms with Crippen molar-refractivity contribution in [2.24, 2.45) is 0 Å². The monoisotopic (exact) mass is 238 g/mol. The lowest BCUT2D eigenvalue weighted by molar-refractivity contribution is -0.117. The number of nitrogens with one attached hydrogen (secondary N) is 2. The van der Waals surface area contributed by atoms with Gasteiger partial charge in [-0.3, -0.25) is 10.1 Å². The molecule has 2 aromatic rings. The van der Waals surface area contributed by atoms with E-state index in [2.05, 4.69) is 36.0 Å². The fourth-order valence-corrected chi connectivity index (χ4v) is 1.07. The summed E-state index contributed by atoms with van der Waals surface area (Å²) in [4.78, 5) is 15.4. The van der Waals surface area contributed by atoms with Crippen molar-refractivity contribution in [2.45, 2.75) is 13.5 Å². The normalized spacial score (nSPS) is 10.2. The summed E-state index contributed by atoms with van der Waals surface area (Å²) in [6, 6.07) is 0.185. The van der Waals surface area contributed by atoms with Gasteiger partial charge in [0.2, 0.25) is 11.9 Å². The number of hydrogen-bond acceptors (Lipinski definition) is 7. The Morgan fingerprint density at radius 1 is 1.65 bits per heavy atom. The van der Waals surface area contributed by atoms with Gasteiger partial charge in [-0.15, -0.1) is 10.2 Å². The summed E-state index contributed by atoms with van der Waals surface area (Å²) in [5.74, 6) is -0.108. The van der Waals surface area contributed by atoms with Crippen LogP contribution in [0.2, 0.25) is 0 Å². The Bertz CT molecular complexity index is 478. The zero-order chi connectivity index (χ0) is 12.1. The fraction of sp³-hybridized carbons (Fsp3) is 0.429. The van der Waals surface area contributed by atoms with Crippen molar-refractivity contribution in [1.82, 2.24) is 35.4 Å². The molecule has 0 saturated heterocycles. The highest BCUT2D eigenvalue weighted by Gasteiger charge is 2.08. The molecule has 1 amide bonds. The molecule has 0 spiro atoms. The van der Waals surface area contributed by atoms with E-state index in [0.29, 0.717) is 6.61 Å². The first-order valence-corrected chi connectivity index (χ1v) is 4.83. The Kier molecular flexibility index (Phi) is 3.23. The van der Waals surface area contributed by atoms with Crippen LogP contribution in [0.4, 0.5) is 5.95 Å². The minimum Gasteiger partial charge on any atom is -0.463 e. The molecule has 90 valence electrons. The Morgan fingerprint density at radius 2 is 2.53 bits per heavy atom. The predicted octanol–water partition coefficient (Wildman–Crippen LogP) is -1.17. The van der Waals surface area contributed by atoms with Crippen LogP contribution in [0.15, 0.2) is 6.33 Å². The van der Waals surface area contributed by atoms with E-state index in [1.54, 1.807) is 0 Å². The largest absolute Gasteiger partial charge is 0.463 e. The first kappa shape index (κ1) is 11.0. The Labute approximate surface area is 95.4 Å². The Balaban J connectivity index is 1.89. The zero-order valence-corrected chi connectivity index (χ0v) is 8.99. The van der Waals surface area contributed by atoms with Crippen LogP contribution in [-0.2, 0) is 11.3 Å². The maximum Gasteiger partial charge on any atom is 0.337 e. The highest BCUT2D eigenvalue weighted by atomic mass is 16.5. The van der Waals surface area contributed by atoms with Gasteiger partial charge >= 0.3 is 6.01 Å². The lowest BCUT2D eigenvalue weighted by Gasteiger charge is -1.99. The van der Waals surface area contributed by atoms with Gasteiger partial charge in [-0.25, -0.2) is 9.78 Å². The summed E-state index contributed by atoms with van der Waals surface area (Å²) in [6.07, 6.45) is 1.34. The molecule has 0 aliphatic carbocycles.